The van der Waals surface area contributed by atoms with E-state index in [4.69, 9.17) is 11.6 Å². The number of nitrogens with one attached hydrogen (secondary N) is 1. The number of halogens is 2. The topological polar surface area (TPSA) is 85.0 Å². The lowest BCUT2D eigenvalue weighted by Crippen LogP contribution is -2.36. The van der Waals surface area contributed by atoms with Crippen molar-refractivity contribution in [3.8, 4) is 5.69 Å². The fourth-order valence-corrected chi connectivity index (χ4v) is 4.41. The quantitative estimate of drug-likeness (QED) is 0.429. The Labute approximate surface area is 194 Å². The normalized spacial score (nSPS) is 14.9. The van der Waals surface area contributed by atoms with E-state index in [1.807, 2.05) is 0 Å². The van der Waals surface area contributed by atoms with E-state index in [1.54, 1.807) is 41.2 Å². The van der Waals surface area contributed by atoms with Crippen molar-refractivity contribution in [2.75, 3.05) is 11.9 Å². The third-order valence-corrected chi connectivity index (χ3v) is 6.62. The first kappa shape index (κ1) is 21.6. The Morgan fingerprint density at radius 3 is 2.79 bits per heavy atom. The third kappa shape index (κ3) is 4.12. The molecule has 7 nitrogen and oxygen atoms in total. The van der Waals surface area contributed by atoms with Crippen molar-refractivity contribution in [2.24, 2.45) is 5.92 Å². The van der Waals surface area contributed by atoms with Gasteiger partial charge in [0.1, 0.15) is 11.6 Å². The van der Waals surface area contributed by atoms with Crippen molar-refractivity contribution in [3.63, 3.8) is 0 Å². The van der Waals surface area contributed by atoms with Crippen molar-refractivity contribution < 1.29 is 9.50 Å². The molecule has 0 aliphatic heterocycles. The molecule has 1 unspecified atom stereocenters. The van der Waals surface area contributed by atoms with E-state index in [0.29, 0.717) is 38.9 Å². The molecule has 0 bridgehead atoms. The molecule has 1 saturated carbocycles. The lowest BCUT2D eigenvalue weighted by molar-refractivity contribution is 0.187. The first-order valence-electron chi connectivity index (χ1n) is 10.9. The average molecular weight is 468 g/mol. The molecule has 3 heterocycles. The van der Waals surface area contributed by atoms with E-state index < -0.39 is 0 Å². The number of rotatable bonds is 7. The second-order valence-corrected chi connectivity index (χ2v) is 8.74. The summed E-state index contributed by atoms with van der Waals surface area (Å²) in [6.45, 7) is 0.227. The second-order valence-electron chi connectivity index (χ2n) is 8.33. The number of hydrogen-bond acceptors (Lipinski definition) is 5. The molecule has 9 heteroatoms. The average Bonchev–Trinajstić information content (AvgIpc) is 3.19. The molecular formula is C24H23ClFN5O2. The fraction of sp³-hybridized carbons (Fsp3) is 0.292. The Kier molecular flexibility index (Phi) is 5.86. The SMILES string of the molecule is O=c1c2cnn(Cc3ccccc3F)c2ccn1-c1cc(NC(CO)C2CCC2)ncc1Cl. The summed E-state index contributed by atoms with van der Waals surface area (Å²) in [4.78, 5) is 17.6. The number of hydrogen-bond donors (Lipinski definition) is 2. The molecule has 1 fully saturated rings. The lowest BCUT2D eigenvalue weighted by Gasteiger charge is -2.33. The zero-order chi connectivity index (χ0) is 22.9. The molecule has 0 saturated heterocycles. The van der Waals surface area contributed by atoms with Crippen LogP contribution in [0, 0.1) is 11.7 Å². The summed E-state index contributed by atoms with van der Waals surface area (Å²) >= 11 is 6.39. The zero-order valence-electron chi connectivity index (χ0n) is 17.8. The van der Waals surface area contributed by atoms with Gasteiger partial charge in [-0.25, -0.2) is 9.37 Å². The van der Waals surface area contributed by atoms with E-state index in [0.717, 1.165) is 12.8 Å². The number of nitrogens with zero attached hydrogens (tertiary/aromatic N) is 4. The Morgan fingerprint density at radius 1 is 1.24 bits per heavy atom. The van der Waals surface area contributed by atoms with Gasteiger partial charge >= 0.3 is 0 Å². The number of aliphatic hydroxyl groups is 1. The molecule has 33 heavy (non-hydrogen) atoms. The lowest BCUT2D eigenvalue weighted by atomic mass is 9.80. The van der Waals surface area contributed by atoms with Crippen LogP contribution in [-0.2, 0) is 6.54 Å². The van der Waals surface area contributed by atoms with E-state index in [2.05, 4.69) is 15.4 Å². The number of anilines is 1. The van der Waals surface area contributed by atoms with Crippen molar-refractivity contribution >= 4 is 28.3 Å². The predicted molar refractivity (Wildman–Crippen MR) is 125 cm³/mol. The summed E-state index contributed by atoms with van der Waals surface area (Å²) in [7, 11) is 0. The molecule has 3 aromatic heterocycles. The molecule has 0 radical (unpaired) electrons. The van der Waals surface area contributed by atoms with Crippen molar-refractivity contribution in [1.29, 1.82) is 0 Å². The predicted octanol–water partition coefficient (Wildman–Crippen LogP) is 4.00. The third-order valence-electron chi connectivity index (χ3n) is 6.33. The van der Waals surface area contributed by atoms with Gasteiger partial charge in [0.15, 0.2) is 0 Å². The van der Waals surface area contributed by atoms with Gasteiger partial charge in [0.25, 0.3) is 5.56 Å². The minimum atomic E-state index is -0.318. The molecule has 4 aromatic rings. The van der Waals surface area contributed by atoms with Gasteiger partial charge in [-0.2, -0.15) is 5.10 Å². The van der Waals surface area contributed by atoms with E-state index >= 15 is 0 Å². The molecule has 1 aliphatic rings. The van der Waals surface area contributed by atoms with Crippen molar-refractivity contribution in [3.05, 3.63) is 81.7 Å². The standard InChI is InChI=1S/C24H23ClFN5O2/c25-18-12-27-23(29-20(14-32)15-5-3-6-15)10-22(18)30-9-8-21-17(24(30)33)11-28-31(21)13-16-4-1-2-7-19(16)26/h1-2,4,7-12,15,20,32H,3,5-6,13-14H2,(H,27,29). The Hall–Kier alpha value is -3.23. The van der Waals surface area contributed by atoms with Crippen LogP contribution in [0.4, 0.5) is 10.2 Å². The maximum atomic E-state index is 14.1. The summed E-state index contributed by atoms with van der Waals surface area (Å²) in [5.41, 5.74) is 1.29. The minimum Gasteiger partial charge on any atom is -0.394 e. The van der Waals surface area contributed by atoms with Gasteiger partial charge in [0.05, 0.1) is 53.2 Å². The zero-order valence-corrected chi connectivity index (χ0v) is 18.5. The van der Waals surface area contributed by atoms with Crippen LogP contribution in [0.3, 0.4) is 0 Å². The first-order chi connectivity index (χ1) is 16.0. The Bertz CT molecular complexity index is 1360. The highest BCUT2D eigenvalue weighted by Crippen LogP contribution is 2.31. The largest absolute Gasteiger partial charge is 0.394 e. The molecular weight excluding hydrogens is 445 g/mol. The van der Waals surface area contributed by atoms with Crippen LogP contribution in [0.2, 0.25) is 5.02 Å². The first-order valence-corrected chi connectivity index (χ1v) is 11.3. The summed E-state index contributed by atoms with van der Waals surface area (Å²) in [5, 5.41) is 18.1. The molecule has 1 atom stereocenters. The van der Waals surface area contributed by atoms with Crippen LogP contribution in [0.1, 0.15) is 24.8 Å². The summed E-state index contributed by atoms with van der Waals surface area (Å²) in [6, 6.07) is 9.88. The van der Waals surface area contributed by atoms with Gasteiger partial charge < -0.3 is 10.4 Å². The maximum absolute atomic E-state index is 14.1. The summed E-state index contributed by atoms with van der Waals surface area (Å²) in [5.74, 6) is 0.638. The second kappa shape index (κ2) is 8.96. The monoisotopic (exact) mass is 467 g/mol. The number of benzene rings is 1. The Balaban J connectivity index is 1.48. The highest BCUT2D eigenvalue weighted by atomic mass is 35.5. The molecule has 0 amide bonds. The van der Waals surface area contributed by atoms with Gasteiger partial charge in [-0.05, 0) is 30.9 Å². The molecule has 5 rings (SSSR count). The molecule has 1 aromatic carbocycles. The van der Waals surface area contributed by atoms with Crippen molar-refractivity contribution in [2.45, 2.75) is 31.8 Å². The van der Waals surface area contributed by atoms with Gasteiger partial charge in [0, 0.05) is 17.8 Å². The Morgan fingerprint density at radius 2 is 2.06 bits per heavy atom. The smallest absolute Gasteiger partial charge is 0.266 e. The maximum Gasteiger partial charge on any atom is 0.266 e. The fourth-order valence-electron chi connectivity index (χ4n) is 4.22. The minimum absolute atomic E-state index is 0.0113. The van der Waals surface area contributed by atoms with Crippen LogP contribution >= 0.6 is 11.6 Å². The van der Waals surface area contributed by atoms with Crippen LogP contribution in [0.25, 0.3) is 16.6 Å². The van der Waals surface area contributed by atoms with E-state index in [-0.39, 0.29) is 30.6 Å². The van der Waals surface area contributed by atoms with Gasteiger partial charge in [-0.15, -0.1) is 0 Å². The van der Waals surface area contributed by atoms with E-state index in [1.165, 1.54) is 29.4 Å². The highest BCUT2D eigenvalue weighted by Gasteiger charge is 2.27. The van der Waals surface area contributed by atoms with Crippen LogP contribution < -0.4 is 10.9 Å². The van der Waals surface area contributed by atoms with Gasteiger partial charge in [0.2, 0.25) is 0 Å². The van der Waals surface area contributed by atoms with Gasteiger partial charge in [-0.3, -0.25) is 14.0 Å². The van der Waals surface area contributed by atoms with Crippen LogP contribution in [0.5, 0.6) is 0 Å². The summed E-state index contributed by atoms with van der Waals surface area (Å²) in [6.07, 6.45) is 7.93. The number of pyridine rings is 2. The number of aromatic nitrogens is 4. The number of aliphatic hydroxyl groups excluding tert-OH is 1. The van der Waals surface area contributed by atoms with Crippen molar-refractivity contribution in [1.82, 2.24) is 19.3 Å². The highest BCUT2D eigenvalue weighted by molar-refractivity contribution is 6.32. The molecule has 1 aliphatic carbocycles. The summed E-state index contributed by atoms with van der Waals surface area (Å²) < 4.78 is 17.1. The molecule has 170 valence electrons. The van der Waals surface area contributed by atoms with Crippen LogP contribution in [0.15, 0.2) is 59.8 Å². The van der Waals surface area contributed by atoms with E-state index in [9.17, 15) is 14.3 Å². The van der Waals surface area contributed by atoms with Crippen LogP contribution in [-0.4, -0.2) is 37.1 Å². The number of fused-ring (bicyclic) bond motifs is 1. The molecule has 0 spiro atoms. The molecule has 2 N–H and O–H groups in total. The van der Waals surface area contributed by atoms with Gasteiger partial charge in [-0.1, -0.05) is 36.2 Å².